The number of hydrogen-bond acceptors (Lipinski definition) is 3. The lowest BCUT2D eigenvalue weighted by Crippen LogP contribution is -2.22. The van der Waals surface area contributed by atoms with Crippen LogP contribution in [0.2, 0.25) is 10.3 Å². The zero-order chi connectivity index (χ0) is 14.5. The Morgan fingerprint density at radius 3 is 2.60 bits per heavy atom. The first-order chi connectivity index (χ1) is 9.58. The molecule has 1 amide bonds. The van der Waals surface area contributed by atoms with Gasteiger partial charge in [-0.15, -0.1) is 0 Å². The largest absolute Gasteiger partial charge is 0.348 e. The highest BCUT2D eigenvalue weighted by molar-refractivity contribution is 6.33. The van der Waals surface area contributed by atoms with Crippen molar-refractivity contribution in [1.29, 1.82) is 5.26 Å². The second kappa shape index (κ2) is 6.38. The highest BCUT2D eigenvalue weighted by Gasteiger charge is 2.08. The molecule has 0 aliphatic rings. The van der Waals surface area contributed by atoms with Gasteiger partial charge >= 0.3 is 0 Å². The second-order valence-corrected chi connectivity index (χ2v) is 4.77. The van der Waals surface area contributed by atoms with Crippen LogP contribution in [0.15, 0.2) is 36.4 Å². The molecule has 0 aliphatic heterocycles. The fourth-order valence-electron chi connectivity index (χ4n) is 1.63. The SMILES string of the molecule is N#Cc1cccc(CNC(=O)c2cc(Cl)nc(Cl)c2)c1. The van der Waals surface area contributed by atoms with E-state index in [0.29, 0.717) is 17.7 Å². The second-order valence-electron chi connectivity index (χ2n) is 4.00. The molecule has 1 aromatic heterocycles. The molecule has 0 atom stereocenters. The summed E-state index contributed by atoms with van der Waals surface area (Å²) in [4.78, 5) is 15.7. The van der Waals surface area contributed by atoms with Gasteiger partial charge in [-0.1, -0.05) is 35.3 Å². The summed E-state index contributed by atoms with van der Waals surface area (Å²) in [6.07, 6.45) is 0. The number of nitrogens with zero attached hydrogens (tertiary/aromatic N) is 2. The third-order valence-corrected chi connectivity index (χ3v) is 2.92. The summed E-state index contributed by atoms with van der Waals surface area (Å²) >= 11 is 11.5. The normalized spacial score (nSPS) is 9.85. The van der Waals surface area contributed by atoms with E-state index in [1.165, 1.54) is 12.1 Å². The van der Waals surface area contributed by atoms with E-state index in [-0.39, 0.29) is 16.2 Å². The Labute approximate surface area is 126 Å². The van der Waals surface area contributed by atoms with Crippen LogP contribution in [-0.2, 0) is 6.54 Å². The molecule has 6 heteroatoms. The summed E-state index contributed by atoms with van der Waals surface area (Å²) in [5.41, 5.74) is 1.72. The lowest BCUT2D eigenvalue weighted by molar-refractivity contribution is 0.0951. The summed E-state index contributed by atoms with van der Waals surface area (Å²) < 4.78 is 0. The van der Waals surface area contributed by atoms with Gasteiger partial charge in [0.15, 0.2) is 0 Å². The number of amides is 1. The monoisotopic (exact) mass is 305 g/mol. The van der Waals surface area contributed by atoms with E-state index >= 15 is 0 Å². The minimum atomic E-state index is -0.307. The maximum atomic E-state index is 12.0. The van der Waals surface area contributed by atoms with Crippen LogP contribution in [0.25, 0.3) is 0 Å². The predicted molar refractivity (Wildman–Crippen MR) is 76.6 cm³/mol. The van der Waals surface area contributed by atoms with Crippen molar-refractivity contribution in [3.05, 3.63) is 63.4 Å². The average molecular weight is 306 g/mol. The smallest absolute Gasteiger partial charge is 0.251 e. The molecule has 0 saturated heterocycles. The van der Waals surface area contributed by atoms with Crippen LogP contribution in [-0.4, -0.2) is 10.9 Å². The number of nitriles is 1. The van der Waals surface area contributed by atoms with Crippen molar-refractivity contribution in [2.75, 3.05) is 0 Å². The molecule has 20 heavy (non-hydrogen) atoms. The van der Waals surface area contributed by atoms with Gasteiger partial charge < -0.3 is 5.32 Å². The minimum absolute atomic E-state index is 0.161. The maximum Gasteiger partial charge on any atom is 0.251 e. The number of aromatic nitrogens is 1. The fraction of sp³-hybridized carbons (Fsp3) is 0.0714. The first-order valence-electron chi connectivity index (χ1n) is 5.69. The molecule has 0 fully saturated rings. The molecule has 2 rings (SSSR count). The molecular weight excluding hydrogens is 297 g/mol. The molecule has 2 aromatic rings. The number of hydrogen-bond donors (Lipinski definition) is 1. The molecule has 0 bridgehead atoms. The van der Waals surface area contributed by atoms with Crippen LogP contribution in [0.3, 0.4) is 0 Å². The minimum Gasteiger partial charge on any atom is -0.348 e. The van der Waals surface area contributed by atoms with E-state index in [1.54, 1.807) is 18.2 Å². The van der Waals surface area contributed by atoms with Crippen molar-refractivity contribution in [3.63, 3.8) is 0 Å². The van der Waals surface area contributed by atoms with Gasteiger partial charge in [-0.05, 0) is 29.8 Å². The van der Waals surface area contributed by atoms with E-state index in [9.17, 15) is 4.79 Å². The van der Waals surface area contributed by atoms with E-state index < -0.39 is 0 Å². The van der Waals surface area contributed by atoms with Crippen molar-refractivity contribution in [3.8, 4) is 6.07 Å². The van der Waals surface area contributed by atoms with Crippen LogP contribution >= 0.6 is 23.2 Å². The summed E-state index contributed by atoms with van der Waals surface area (Å²) in [6.45, 7) is 0.311. The summed E-state index contributed by atoms with van der Waals surface area (Å²) in [6, 6.07) is 11.9. The van der Waals surface area contributed by atoms with E-state index in [4.69, 9.17) is 28.5 Å². The van der Waals surface area contributed by atoms with Gasteiger partial charge in [-0.25, -0.2) is 4.98 Å². The van der Waals surface area contributed by atoms with Gasteiger partial charge in [-0.2, -0.15) is 5.26 Å². The molecule has 0 spiro atoms. The Morgan fingerprint density at radius 2 is 1.95 bits per heavy atom. The van der Waals surface area contributed by atoms with E-state index in [2.05, 4.69) is 10.3 Å². The number of pyridine rings is 1. The quantitative estimate of drug-likeness (QED) is 0.886. The highest BCUT2D eigenvalue weighted by Crippen LogP contribution is 2.14. The Balaban J connectivity index is 2.06. The Bertz CT molecular complexity index is 675. The fourth-order valence-corrected chi connectivity index (χ4v) is 2.09. The van der Waals surface area contributed by atoms with Crippen molar-refractivity contribution < 1.29 is 4.79 Å². The number of nitrogens with one attached hydrogen (secondary N) is 1. The summed E-state index contributed by atoms with van der Waals surface area (Å²) in [7, 11) is 0. The molecule has 100 valence electrons. The number of rotatable bonds is 3. The number of benzene rings is 1. The van der Waals surface area contributed by atoms with Crippen LogP contribution in [0, 0.1) is 11.3 Å². The van der Waals surface area contributed by atoms with Crippen LogP contribution in [0.1, 0.15) is 21.5 Å². The molecule has 4 nitrogen and oxygen atoms in total. The number of carbonyl (C=O) groups is 1. The van der Waals surface area contributed by atoms with Gasteiger partial charge in [0, 0.05) is 12.1 Å². The number of carbonyl (C=O) groups excluding carboxylic acids is 1. The Hall–Kier alpha value is -2.09. The van der Waals surface area contributed by atoms with Crippen LogP contribution < -0.4 is 5.32 Å². The third-order valence-electron chi connectivity index (χ3n) is 2.53. The molecule has 0 radical (unpaired) electrons. The third kappa shape index (κ3) is 3.70. The number of halogens is 2. The zero-order valence-corrected chi connectivity index (χ0v) is 11.7. The Morgan fingerprint density at radius 1 is 1.25 bits per heavy atom. The lowest BCUT2D eigenvalue weighted by Gasteiger charge is -2.06. The molecule has 0 aliphatic carbocycles. The van der Waals surface area contributed by atoms with Gasteiger partial charge in [0.05, 0.1) is 11.6 Å². The van der Waals surface area contributed by atoms with Crippen molar-refractivity contribution in [2.45, 2.75) is 6.54 Å². The lowest BCUT2D eigenvalue weighted by atomic mass is 10.1. The van der Waals surface area contributed by atoms with Crippen molar-refractivity contribution >= 4 is 29.1 Å². The van der Waals surface area contributed by atoms with Gasteiger partial charge in [0.25, 0.3) is 5.91 Å². The van der Waals surface area contributed by atoms with Gasteiger partial charge in [0.2, 0.25) is 0 Å². The standard InChI is InChI=1S/C14H9Cl2N3O/c15-12-5-11(6-13(16)19-12)14(20)18-8-10-3-1-2-9(4-10)7-17/h1-6H,8H2,(H,18,20). The van der Waals surface area contributed by atoms with E-state index in [1.807, 2.05) is 12.1 Å². The average Bonchev–Trinajstić information content (AvgIpc) is 2.44. The molecule has 1 aromatic carbocycles. The van der Waals surface area contributed by atoms with E-state index in [0.717, 1.165) is 5.56 Å². The summed E-state index contributed by atoms with van der Waals surface area (Å²) in [5, 5.41) is 11.9. The first-order valence-corrected chi connectivity index (χ1v) is 6.44. The van der Waals surface area contributed by atoms with Crippen LogP contribution in [0.4, 0.5) is 0 Å². The maximum absolute atomic E-state index is 12.0. The van der Waals surface area contributed by atoms with Crippen molar-refractivity contribution in [2.24, 2.45) is 0 Å². The van der Waals surface area contributed by atoms with Gasteiger partial charge in [-0.3, -0.25) is 4.79 Å². The molecule has 1 N–H and O–H groups in total. The highest BCUT2D eigenvalue weighted by atomic mass is 35.5. The Kier molecular flexibility index (Phi) is 4.57. The summed E-state index contributed by atoms with van der Waals surface area (Å²) in [5.74, 6) is -0.307. The predicted octanol–water partition coefficient (Wildman–Crippen LogP) is 3.19. The van der Waals surface area contributed by atoms with Crippen molar-refractivity contribution in [1.82, 2.24) is 10.3 Å². The zero-order valence-electron chi connectivity index (χ0n) is 10.2. The first kappa shape index (κ1) is 14.3. The molecule has 0 saturated carbocycles. The van der Waals surface area contributed by atoms with Gasteiger partial charge in [0.1, 0.15) is 10.3 Å². The molecule has 1 heterocycles. The molecular formula is C14H9Cl2N3O. The topological polar surface area (TPSA) is 65.8 Å². The van der Waals surface area contributed by atoms with Crippen LogP contribution in [0.5, 0.6) is 0 Å². The molecule has 0 unspecified atom stereocenters.